The van der Waals surface area contributed by atoms with E-state index in [2.05, 4.69) is 10.6 Å². The number of hydrogen-bond donors (Lipinski definition) is 4. The molecule has 0 spiro atoms. The SMILES string of the molecule is CC(C)COC(=O)N[C@@H](C(=O)N1C[C@H](C(=N)N)C[C@H]1C(=O)NCC1CCCCC1)C(C)(C)SC1CCCC1. The van der Waals surface area contributed by atoms with Gasteiger partial charge in [0.25, 0.3) is 0 Å². The monoisotopic (exact) mass is 551 g/mol. The topological polar surface area (TPSA) is 138 Å². The van der Waals surface area contributed by atoms with Crippen molar-refractivity contribution in [2.45, 2.75) is 114 Å². The predicted molar refractivity (Wildman–Crippen MR) is 152 cm³/mol. The van der Waals surface area contributed by atoms with Crippen LogP contribution in [-0.2, 0) is 14.3 Å². The summed E-state index contributed by atoms with van der Waals surface area (Å²) in [5.41, 5.74) is 5.85. The van der Waals surface area contributed by atoms with Crippen LogP contribution in [0.1, 0.15) is 91.9 Å². The third-order valence-electron chi connectivity index (χ3n) is 8.14. The molecule has 38 heavy (non-hydrogen) atoms. The van der Waals surface area contributed by atoms with Gasteiger partial charge in [-0.2, -0.15) is 0 Å². The van der Waals surface area contributed by atoms with Gasteiger partial charge < -0.3 is 26.0 Å². The molecule has 0 aromatic carbocycles. The van der Waals surface area contributed by atoms with Crippen LogP contribution in [0.4, 0.5) is 4.79 Å². The van der Waals surface area contributed by atoms with Gasteiger partial charge in [0.05, 0.1) is 12.4 Å². The zero-order chi connectivity index (χ0) is 27.9. The van der Waals surface area contributed by atoms with E-state index in [0.29, 0.717) is 24.1 Å². The fourth-order valence-corrected chi connectivity index (χ4v) is 7.64. The highest BCUT2D eigenvalue weighted by Crippen LogP contribution is 2.40. The predicted octanol–water partition coefficient (Wildman–Crippen LogP) is 4.04. The maximum Gasteiger partial charge on any atom is 0.407 e. The molecule has 3 aliphatic rings. The van der Waals surface area contributed by atoms with Crippen molar-refractivity contribution in [3.63, 3.8) is 0 Å². The molecule has 5 N–H and O–H groups in total. The maximum atomic E-state index is 14.2. The van der Waals surface area contributed by atoms with Crippen LogP contribution in [0.15, 0.2) is 0 Å². The molecule has 0 aromatic rings. The van der Waals surface area contributed by atoms with Crippen LogP contribution in [-0.4, -0.2) is 70.4 Å². The van der Waals surface area contributed by atoms with Crippen LogP contribution in [0.25, 0.3) is 0 Å². The zero-order valence-electron chi connectivity index (χ0n) is 23.7. The first-order chi connectivity index (χ1) is 18.0. The van der Waals surface area contributed by atoms with Crippen molar-refractivity contribution in [1.29, 1.82) is 5.41 Å². The van der Waals surface area contributed by atoms with E-state index in [0.717, 1.165) is 25.7 Å². The van der Waals surface area contributed by atoms with Crippen LogP contribution in [0.5, 0.6) is 0 Å². The summed E-state index contributed by atoms with van der Waals surface area (Å²) in [5.74, 6) is -0.287. The molecule has 0 radical (unpaired) electrons. The van der Waals surface area contributed by atoms with E-state index in [1.165, 1.54) is 32.1 Å². The van der Waals surface area contributed by atoms with Crippen LogP contribution >= 0.6 is 11.8 Å². The number of amidine groups is 1. The molecule has 0 aromatic heterocycles. The molecule has 3 rings (SSSR count). The second kappa shape index (κ2) is 13.9. The first-order valence-electron chi connectivity index (χ1n) is 14.5. The minimum Gasteiger partial charge on any atom is -0.449 e. The number of rotatable bonds is 11. The van der Waals surface area contributed by atoms with E-state index in [1.807, 2.05) is 27.7 Å². The normalized spacial score (nSPS) is 23.9. The summed E-state index contributed by atoms with van der Waals surface area (Å²) in [6.45, 7) is 8.94. The van der Waals surface area contributed by atoms with Crippen molar-refractivity contribution < 1.29 is 19.1 Å². The highest BCUT2D eigenvalue weighted by atomic mass is 32.2. The molecule has 2 aliphatic carbocycles. The zero-order valence-corrected chi connectivity index (χ0v) is 24.5. The van der Waals surface area contributed by atoms with E-state index >= 15 is 0 Å². The molecule has 2 saturated carbocycles. The van der Waals surface area contributed by atoms with Crippen molar-refractivity contribution >= 4 is 35.5 Å². The molecular formula is C28H49N5O4S. The molecule has 9 nitrogen and oxygen atoms in total. The Bertz CT molecular complexity index is 839. The Labute approximate surface area is 232 Å². The maximum absolute atomic E-state index is 14.2. The number of alkyl carbamates (subject to hydrolysis) is 1. The fraction of sp³-hybridized carbons (Fsp3) is 0.857. The van der Waals surface area contributed by atoms with Crippen LogP contribution < -0.4 is 16.4 Å². The molecule has 1 aliphatic heterocycles. The number of likely N-dealkylation sites (tertiary alicyclic amines) is 1. The van der Waals surface area contributed by atoms with E-state index in [4.69, 9.17) is 15.9 Å². The molecule has 10 heteroatoms. The largest absolute Gasteiger partial charge is 0.449 e. The molecular weight excluding hydrogens is 502 g/mol. The van der Waals surface area contributed by atoms with E-state index < -0.39 is 22.9 Å². The number of nitrogens with zero attached hydrogens (tertiary/aromatic N) is 1. The van der Waals surface area contributed by atoms with Gasteiger partial charge in [-0.05, 0) is 57.8 Å². The summed E-state index contributed by atoms with van der Waals surface area (Å²) in [6, 6.07) is -1.60. The number of nitrogens with one attached hydrogen (secondary N) is 3. The molecule has 3 atom stereocenters. The molecule has 3 amide bonds. The number of carbonyl (C=O) groups excluding carboxylic acids is 3. The van der Waals surface area contributed by atoms with E-state index in [1.54, 1.807) is 16.7 Å². The molecule has 0 bridgehead atoms. The van der Waals surface area contributed by atoms with Gasteiger partial charge in [-0.1, -0.05) is 46.0 Å². The Balaban J connectivity index is 1.78. The van der Waals surface area contributed by atoms with Crippen LogP contribution in [0.3, 0.4) is 0 Å². The van der Waals surface area contributed by atoms with Crippen molar-refractivity contribution in [3.8, 4) is 0 Å². The lowest BCUT2D eigenvalue weighted by Crippen LogP contribution is -2.60. The van der Waals surface area contributed by atoms with Gasteiger partial charge in [0.15, 0.2) is 0 Å². The van der Waals surface area contributed by atoms with Gasteiger partial charge >= 0.3 is 6.09 Å². The fourth-order valence-electron chi connectivity index (χ4n) is 5.91. The standard InChI is InChI=1S/C28H49N5O4S/c1-18(2)17-37-27(36)32-23(28(3,4)38-21-12-8-9-13-21)26(35)33-16-20(24(29)30)14-22(33)25(34)31-15-19-10-6-5-7-11-19/h18-23H,5-17H2,1-4H3,(H3,29,30)(H,31,34)(H,32,36)/t20-,22+,23+/m1/s1. The van der Waals surface area contributed by atoms with Crippen molar-refractivity contribution in [2.24, 2.45) is 23.5 Å². The number of nitrogens with two attached hydrogens (primary N) is 1. The smallest absolute Gasteiger partial charge is 0.407 e. The summed E-state index contributed by atoms with van der Waals surface area (Å²) in [5, 5.41) is 14.4. The molecule has 3 fully saturated rings. The number of hydrogen-bond acceptors (Lipinski definition) is 6. The Hall–Kier alpha value is -1.97. The third-order valence-corrected chi connectivity index (χ3v) is 9.79. The van der Waals surface area contributed by atoms with Gasteiger partial charge in [0.1, 0.15) is 12.1 Å². The molecule has 216 valence electrons. The first-order valence-corrected chi connectivity index (χ1v) is 15.4. The Kier molecular flexibility index (Phi) is 11.2. The number of amides is 3. The summed E-state index contributed by atoms with van der Waals surface area (Å²) >= 11 is 1.73. The number of ether oxygens (including phenoxy) is 1. The Morgan fingerprint density at radius 2 is 1.71 bits per heavy atom. The van der Waals surface area contributed by atoms with E-state index in [-0.39, 0.29) is 42.6 Å². The summed E-state index contributed by atoms with van der Waals surface area (Å²) in [4.78, 5) is 41.9. The average Bonchev–Trinajstić information content (AvgIpc) is 3.55. The Morgan fingerprint density at radius 3 is 2.32 bits per heavy atom. The quantitative estimate of drug-likeness (QED) is 0.226. The summed E-state index contributed by atoms with van der Waals surface area (Å²) in [6.07, 6.45) is 10.1. The van der Waals surface area contributed by atoms with E-state index in [9.17, 15) is 14.4 Å². The van der Waals surface area contributed by atoms with Crippen LogP contribution in [0, 0.1) is 23.2 Å². The molecule has 1 heterocycles. The van der Waals surface area contributed by atoms with Gasteiger partial charge in [0, 0.05) is 29.0 Å². The highest BCUT2D eigenvalue weighted by Gasteiger charge is 2.48. The second-order valence-electron chi connectivity index (χ2n) is 12.3. The molecule has 0 unspecified atom stereocenters. The first kappa shape index (κ1) is 30.6. The lowest BCUT2D eigenvalue weighted by molar-refractivity contribution is -0.140. The molecule has 1 saturated heterocycles. The third kappa shape index (κ3) is 8.52. The summed E-state index contributed by atoms with van der Waals surface area (Å²) in [7, 11) is 0. The van der Waals surface area contributed by atoms with Crippen molar-refractivity contribution in [2.75, 3.05) is 19.7 Å². The second-order valence-corrected chi connectivity index (χ2v) is 14.3. The lowest BCUT2D eigenvalue weighted by atomic mass is 9.89. The number of thioether (sulfide) groups is 1. The van der Waals surface area contributed by atoms with Gasteiger partial charge in [-0.3, -0.25) is 15.0 Å². The van der Waals surface area contributed by atoms with Gasteiger partial charge in [-0.15, -0.1) is 11.8 Å². The highest BCUT2D eigenvalue weighted by molar-refractivity contribution is 8.01. The van der Waals surface area contributed by atoms with Gasteiger partial charge in [0.2, 0.25) is 11.8 Å². The minimum atomic E-state index is -0.882. The number of carbonyl (C=O) groups is 3. The van der Waals surface area contributed by atoms with Crippen LogP contribution in [0.2, 0.25) is 0 Å². The van der Waals surface area contributed by atoms with Crippen molar-refractivity contribution in [3.05, 3.63) is 0 Å². The minimum absolute atomic E-state index is 0.0224. The summed E-state index contributed by atoms with van der Waals surface area (Å²) < 4.78 is 4.76. The lowest BCUT2D eigenvalue weighted by Gasteiger charge is -2.38. The Morgan fingerprint density at radius 1 is 1.08 bits per heavy atom. The average molecular weight is 552 g/mol. The van der Waals surface area contributed by atoms with Crippen molar-refractivity contribution in [1.82, 2.24) is 15.5 Å². The van der Waals surface area contributed by atoms with Gasteiger partial charge in [-0.25, -0.2) is 4.79 Å².